The lowest BCUT2D eigenvalue weighted by atomic mass is 10.3. The Hall–Kier alpha value is -0.280. The summed E-state index contributed by atoms with van der Waals surface area (Å²) >= 11 is 0. The second kappa shape index (κ2) is 17.1. The summed E-state index contributed by atoms with van der Waals surface area (Å²) in [6.07, 6.45) is 1.07. The van der Waals surface area contributed by atoms with Crippen molar-refractivity contribution in [2.45, 2.75) is 6.42 Å². The van der Waals surface area contributed by atoms with E-state index in [9.17, 15) is 0 Å². The minimum Gasteiger partial charge on any atom is -0.330 e. The van der Waals surface area contributed by atoms with Crippen LogP contribution in [-0.4, -0.2) is 102 Å². The maximum absolute atomic E-state index is 5.66. The predicted molar refractivity (Wildman–Crippen MR) is 96.3 cm³/mol. The third kappa shape index (κ3) is 13.4. The SMILES string of the molecule is CNCCN(CCN)CCNCCN(CCCN)CCNC. The molecule has 0 aromatic carbocycles. The molecule has 0 saturated heterocycles. The number of nitrogens with one attached hydrogen (secondary N) is 3. The zero-order chi connectivity index (χ0) is 16.5. The molecule has 0 aliphatic heterocycles. The number of likely N-dealkylation sites (N-methyl/N-ethyl adjacent to an activating group) is 2. The molecule has 0 atom stereocenters. The number of rotatable bonds is 17. The summed E-state index contributed by atoms with van der Waals surface area (Å²) in [5, 5.41) is 9.93. The van der Waals surface area contributed by atoms with Gasteiger partial charge in [-0.1, -0.05) is 0 Å². The molecule has 0 heterocycles. The van der Waals surface area contributed by atoms with Gasteiger partial charge in [0.2, 0.25) is 0 Å². The van der Waals surface area contributed by atoms with Gasteiger partial charge in [0.1, 0.15) is 0 Å². The summed E-state index contributed by atoms with van der Waals surface area (Å²) in [7, 11) is 3.98. The largest absolute Gasteiger partial charge is 0.330 e. The van der Waals surface area contributed by atoms with E-state index < -0.39 is 0 Å². The molecule has 134 valence electrons. The van der Waals surface area contributed by atoms with Gasteiger partial charge in [-0.2, -0.15) is 0 Å². The fourth-order valence-corrected chi connectivity index (χ4v) is 2.31. The van der Waals surface area contributed by atoms with E-state index in [0.29, 0.717) is 0 Å². The van der Waals surface area contributed by atoms with E-state index in [2.05, 4.69) is 25.8 Å². The standard InChI is InChI=1S/C15H39N7/c1-18-6-12-21(10-3-4-16)14-8-20-9-15-22(11-5-17)13-7-19-2/h18-20H,3-17H2,1-2H3. The van der Waals surface area contributed by atoms with Crippen LogP contribution in [0.2, 0.25) is 0 Å². The Morgan fingerprint density at radius 1 is 0.636 bits per heavy atom. The molecule has 0 bridgehead atoms. The van der Waals surface area contributed by atoms with E-state index in [0.717, 1.165) is 85.0 Å². The molecule has 7 N–H and O–H groups in total. The molecule has 7 nitrogen and oxygen atoms in total. The topological polar surface area (TPSA) is 94.6 Å². The van der Waals surface area contributed by atoms with Gasteiger partial charge in [0.25, 0.3) is 0 Å². The smallest absolute Gasteiger partial charge is 0.0108 e. The van der Waals surface area contributed by atoms with Crippen LogP contribution in [0.15, 0.2) is 0 Å². The molecule has 0 fully saturated rings. The van der Waals surface area contributed by atoms with Gasteiger partial charge in [-0.3, -0.25) is 4.90 Å². The van der Waals surface area contributed by atoms with Gasteiger partial charge >= 0.3 is 0 Å². The van der Waals surface area contributed by atoms with Gasteiger partial charge in [0, 0.05) is 65.4 Å². The molecule has 0 spiro atoms. The van der Waals surface area contributed by atoms with Crippen LogP contribution in [0.3, 0.4) is 0 Å². The second-order valence-corrected chi connectivity index (χ2v) is 5.57. The summed E-state index contributed by atoms with van der Waals surface area (Å²) in [5.41, 5.74) is 11.3. The first-order chi connectivity index (χ1) is 10.8. The lowest BCUT2D eigenvalue weighted by molar-refractivity contribution is 0.260. The number of nitrogens with two attached hydrogens (primary N) is 2. The summed E-state index contributed by atoms with van der Waals surface area (Å²) < 4.78 is 0. The number of hydrogen-bond donors (Lipinski definition) is 5. The molecular formula is C15H39N7. The normalized spacial score (nSPS) is 11.7. The highest BCUT2D eigenvalue weighted by Crippen LogP contribution is 1.90. The van der Waals surface area contributed by atoms with Gasteiger partial charge in [-0.05, 0) is 33.6 Å². The van der Waals surface area contributed by atoms with E-state index >= 15 is 0 Å². The van der Waals surface area contributed by atoms with Crippen molar-refractivity contribution in [2.75, 3.05) is 92.6 Å². The van der Waals surface area contributed by atoms with Crippen LogP contribution in [0.5, 0.6) is 0 Å². The predicted octanol–water partition coefficient (Wildman–Crippen LogP) is -2.07. The molecule has 0 amide bonds. The second-order valence-electron chi connectivity index (χ2n) is 5.57. The number of nitrogens with zero attached hydrogens (tertiary/aromatic N) is 2. The molecule has 0 unspecified atom stereocenters. The maximum atomic E-state index is 5.66. The third-order valence-corrected chi connectivity index (χ3v) is 3.69. The Kier molecular flexibility index (Phi) is 16.9. The minimum atomic E-state index is 0.723. The van der Waals surface area contributed by atoms with Crippen LogP contribution in [0.4, 0.5) is 0 Å². The van der Waals surface area contributed by atoms with Crippen molar-refractivity contribution in [3.8, 4) is 0 Å². The van der Waals surface area contributed by atoms with Crippen LogP contribution in [0.25, 0.3) is 0 Å². The van der Waals surface area contributed by atoms with E-state index in [4.69, 9.17) is 11.5 Å². The van der Waals surface area contributed by atoms with Gasteiger partial charge in [0.05, 0.1) is 0 Å². The van der Waals surface area contributed by atoms with Gasteiger partial charge in [0.15, 0.2) is 0 Å². The van der Waals surface area contributed by atoms with E-state index in [1.807, 2.05) is 14.1 Å². The molecule has 0 aliphatic carbocycles. The van der Waals surface area contributed by atoms with Crippen molar-refractivity contribution in [1.82, 2.24) is 25.8 Å². The molecular weight excluding hydrogens is 278 g/mol. The van der Waals surface area contributed by atoms with Crippen LogP contribution < -0.4 is 27.4 Å². The third-order valence-electron chi connectivity index (χ3n) is 3.69. The molecule has 0 aromatic heterocycles. The lowest BCUT2D eigenvalue weighted by Crippen LogP contribution is -2.41. The molecule has 22 heavy (non-hydrogen) atoms. The molecule has 0 rings (SSSR count). The Balaban J connectivity index is 3.75. The fourth-order valence-electron chi connectivity index (χ4n) is 2.31. The average Bonchev–Trinajstić information content (AvgIpc) is 2.53. The van der Waals surface area contributed by atoms with Crippen molar-refractivity contribution in [3.05, 3.63) is 0 Å². The van der Waals surface area contributed by atoms with Crippen LogP contribution in [0, 0.1) is 0 Å². The van der Waals surface area contributed by atoms with Crippen molar-refractivity contribution >= 4 is 0 Å². The summed E-state index contributed by atoms with van der Waals surface area (Å²) in [5.74, 6) is 0. The molecule has 0 aliphatic rings. The van der Waals surface area contributed by atoms with Gasteiger partial charge in [-0.15, -0.1) is 0 Å². The minimum absolute atomic E-state index is 0.723. The Labute approximate surface area is 137 Å². The van der Waals surface area contributed by atoms with Crippen molar-refractivity contribution < 1.29 is 0 Å². The molecule has 0 radical (unpaired) electrons. The average molecular weight is 318 g/mol. The van der Waals surface area contributed by atoms with Crippen LogP contribution in [0.1, 0.15) is 6.42 Å². The highest BCUT2D eigenvalue weighted by Gasteiger charge is 2.05. The molecule has 0 saturated carbocycles. The number of hydrogen-bond acceptors (Lipinski definition) is 7. The van der Waals surface area contributed by atoms with Crippen molar-refractivity contribution in [1.29, 1.82) is 0 Å². The maximum Gasteiger partial charge on any atom is 0.0108 e. The van der Waals surface area contributed by atoms with Crippen molar-refractivity contribution in [2.24, 2.45) is 11.5 Å². The zero-order valence-corrected chi connectivity index (χ0v) is 14.7. The Morgan fingerprint density at radius 2 is 1.14 bits per heavy atom. The van der Waals surface area contributed by atoms with Crippen LogP contribution >= 0.6 is 0 Å². The van der Waals surface area contributed by atoms with Gasteiger partial charge in [-0.25, -0.2) is 0 Å². The Bertz CT molecular complexity index is 208. The summed E-state index contributed by atoms with van der Waals surface area (Å²) in [6.45, 7) is 11.9. The van der Waals surface area contributed by atoms with Crippen LogP contribution in [-0.2, 0) is 0 Å². The first kappa shape index (κ1) is 21.7. The molecule has 0 aromatic rings. The van der Waals surface area contributed by atoms with Gasteiger partial charge < -0.3 is 32.3 Å². The van der Waals surface area contributed by atoms with Crippen molar-refractivity contribution in [3.63, 3.8) is 0 Å². The molecule has 7 heteroatoms. The highest BCUT2D eigenvalue weighted by molar-refractivity contribution is 4.64. The van der Waals surface area contributed by atoms with E-state index in [1.165, 1.54) is 0 Å². The quantitative estimate of drug-likeness (QED) is 0.197. The summed E-state index contributed by atoms with van der Waals surface area (Å²) in [4.78, 5) is 4.87. The van der Waals surface area contributed by atoms with E-state index in [-0.39, 0.29) is 0 Å². The fraction of sp³-hybridized carbons (Fsp3) is 1.00. The first-order valence-corrected chi connectivity index (χ1v) is 8.63. The zero-order valence-electron chi connectivity index (χ0n) is 14.7. The monoisotopic (exact) mass is 317 g/mol. The lowest BCUT2D eigenvalue weighted by Gasteiger charge is -2.24. The highest BCUT2D eigenvalue weighted by atomic mass is 15.2. The van der Waals surface area contributed by atoms with E-state index in [1.54, 1.807) is 0 Å². The first-order valence-electron chi connectivity index (χ1n) is 8.63. The Morgan fingerprint density at radius 3 is 1.59 bits per heavy atom. The summed E-state index contributed by atoms with van der Waals surface area (Å²) in [6, 6.07) is 0.